The Kier molecular flexibility index (Phi) is 143. The zero-order chi connectivity index (χ0) is 63.5. The van der Waals surface area contributed by atoms with E-state index in [4.69, 9.17) is 4.42 Å². The van der Waals surface area contributed by atoms with Crippen LogP contribution in [0.1, 0.15) is 93.0 Å². The number of thiazole rings is 2. The minimum absolute atomic E-state index is 0. The first-order valence-electron chi connectivity index (χ1n) is 26.1. The van der Waals surface area contributed by atoms with E-state index in [1.807, 2.05) is 86.9 Å². The van der Waals surface area contributed by atoms with Gasteiger partial charge in [-0.1, -0.05) is 75.7 Å². The Bertz CT molecular complexity index is 2070. The molecule has 13 heterocycles. The SMILES string of the molecule is CC.CC.CC.CC.CCC.Cc1nc(C)c(C)o1.[CH3-].[CH3-].[CH3-].[Y].[Y].[Y].[Y].[c-]1cnccn1.c1cnccn1.c1cnccn1.c1cncnc1.c1cncnc1.c1cncnc1.c1cocn1.c1cocn1.c1cocn1.c1cocn1.c1cscn1.c1cscn1. The van der Waals surface area contributed by atoms with Crippen molar-refractivity contribution in [3.63, 3.8) is 0 Å². The van der Waals surface area contributed by atoms with Crippen LogP contribution in [0.2, 0.25) is 0 Å². The van der Waals surface area contributed by atoms with E-state index in [0.29, 0.717) is 0 Å². The molecule has 0 unspecified atom stereocenters. The molecule has 0 atom stereocenters. The molecule has 13 rings (SSSR count). The van der Waals surface area contributed by atoms with Gasteiger partial charge in [0.25, 0.3) is 0 Å². The van der Waals surface area contributed by atoms with Gasteiger partial charge in [0.05, 0.1) is 41.5 Å². The van der Waals surface area contributed by atoms with E-state index in [1.165, 1.54) is 82.2 Å². The zero-order valence-corrected chi connectivity index (χ0v) is 69.0. The quantitative estimate of drug-likeness (QED) is 0.127. The van der Waals surface area contributed by atoms with Crippen molar-refractivity contribution < 1.29 is 153 Å². The Hall–Kier alpha value is -5.79. The molecule has 4 radical (unpaired) electrons. The molecule has 0 aliphatic rings. The van der Waals surface area contributed by atoms with Gasteiger partial charge in [-0.25, -0.2) is 54.8 Å². The van der Waals surface area contributed by atoms with E-state index >= 15 is 0 Å². The van der Waals surface area contributed by atoms with Crippen molar-refractivity contribution in [1.29, 1.82) is 0 Å². The van der Waals surface area contributed by atoms with Crippen LogP contribution in [0.5, 0.6) is 0 Å². The molecule has 24 nitrogen and oxygen atoms in total. The Balaban J connectivity index is -0.0000000740. The molecular formula is C62H91N19O5S2Y4-4. The van der Waals surface area contributed by atoms with E-state index in [1.54, 1.807) is 188 Å². The van der Waals surface area contributed by atoms with Gasteiger partial charge in [0.15, 0.2) is 31.5 Å². The van der Waals surface area contributed by atoms with E-state index < -0.39 is 0 Å². The van der Waals surface area contributed by atoms with Crippen LogP contribution < -0.4 is 0 Å². The first-order chi connectivity index (χ1) is 42.1. The van der Waals surface area contributed by atoms with E-state index in [2.05, 4.69) is 132 Å². The molecule has 0 amide bonds. The number of hydrogen-bond donors (Lipinski definition) is 0. The van der Waals surface area contributed by atoms with Crippen LogP contribution in [-0.4, -0.2) is 94.7 Å². The van der Waals surface area contributed by atoms with Crippen molar-refractivity contribution in [1.82, 2.24) is 94.7 Å². The molecule has 30 heteroatoms. The van der Waals surface area contributed by atoms with Crippen LogP contribution >= 0.6 is 22.7 Å². The summed E-state index contributed by atoms with van der Waals surface area (Å²) in [6.45, 7) is 25.9. The van der Waals surface area contributed by atoms with Gasteiger partial charge in [-0.2, -0.15) is 0 Å². The van der Waals surface area contributed by atoms with E-state index in [-0.39, 0.29) is 153 Å². The minimum Gasteiger partial charge on any atom is -0.456 e. The third kappa shape index (κ3) is 112. The molecule has 0 bridgehead atoms. The number of aryl methyl sites for hydroxylation is 3. The van der Waals surface area contributed by atoms with Crippen LogP contribution in [0.25, 0.3) is 0 Å². The largest absolute Gasteiger partial charge is 0.456 e. The molecular weight excluding hydrogens is 1510 g/mol. The topological polar surface area (TPSA) is 311 Å². The first-order valence-corrected chi connectivity index (χ1v) is 27.9. The Morgan fingerprint density at radius 1 is 0.348 bits per heavy atom. The normalized spacial score (nSPS) is 7.05. The van der Waals surface area contributed by atoms with Gasteiger partial charge in [-0.05, 0) is 44.4 Å². The molecule has 0 saturated carbocycles. The third-order valence-electron chi connectivity index (χ3n) is 6.04. The second-order valence-electron chi connectivity index (χ2n) is 12.0. The average Bonchev–Trinajstić information content (AvgIpc) is 3.50. The number of nitrogens with zero attached hydrogens (tertiary/aromatic N) is 19. The fourth-order valence-electron chi connectivity index (χ4n) is 3.18. The van der Waals surface area contributed by atoms with E-state index in [0.717, 1.165) is 17.3 Å². The van der Waals surface area contributed by atoms with Crippen molar-refractivity contribution >= 4 is 22.7 Å². The van der Waals surface area contributed by atoms with Crippen LogP contribution in [0.15, 0.2) is 274 Å². The van der Waals surface area contributed by atoms with Gasteiger partial charge in [-0.3, -0.25) is 29.9 Å². The molecule has 492 valence electrons. The molecule has 13 aromatic heterocycles. The summed E-state index contributed by atoms with van der Waals surface area (Å²) in [6.07, 6.45) is 57.6. The molecule has 0 N–H and O–H groups in total. The zero-order valence-electron chi connectivity index (χ0n) is 56.0. The van der Waals surface area contributed by atoms with Gasteiger partial charge in [0, 0.05) is 248 Å². The summed E-state index contributed by atoms with van der Waals surface area (Å²) in [4.78, 5) is 69.9. The molecule has 0 fully saturated rings. The molecule has 0 aliphatic heterocycles. The maximum Gasteiger partial charge on any atom is 0.191 e. The number of rotatable bonds is 0. The minimum atomic E-state index is 0. The third-order valence-corrected chi connectivity index (χ3v) is 7.09. The summed E-state index contributed by atoms with van der Waals surface area (Å²) in [5.41, 5.74) is 4.57. The molecule has 0 aromatic carbocycles. The van der Waals surface area contributed by atoms with Gasteiger partial charge in [0.1, 0.15) is 49.8 Å². The number of oxazole rings is 5. The van der Waals surface area contributed by atoms with Gasteiger partial charge >= 0.3 is 0 Å². The predicted molar refractivity (Wildman–Crippen MR) is 353 cm³/mol. The summed E-state index contributed by atoms with van der Waals surface area (Å²) in [7, 11) is 0. The van der Waals surface area contributed by atoms with Crippen LogP contribution in [0.3, 0.4) is 0 Å². The van der Waals surface area contributed by atoms with Crippen LogP contribution in [0, 0.1) is 49.2 Å². The van der Waals surface area contributed by atoms with Crippen LogP contribution in [0.4, 0.5) is 0 Å². The fourth-order valence-corrected chi connectivity index (χ4v) is 3.88. The number of aromatic nitrogens is 19. The first kappa shape index (κ1) is 114. The molecule has 13 aromatic rings. The van der Waals surface area contributed by atoms with Crippen molar-refractivity contribution in [2.75, 3.05) is 0 Å². The molecule has 92 heavy (non-hydrogen) atoms. The summed E-state index contributed by atoms with van der Waals surface area (Å²) >= 11 is 3.20. The van der Waals surface area contributed by atoms with Crippen molar-refractivity contribution in [2.45, 2.75) is 96.4 Å². The number of hydrogen-bond acceptors (Lipinski definition) is 26. The summed E-state index contributed by atoms with van der Waals surface area (Å²) < 4.78 is 23.0. The standard InChI is InChI=1S/C6H9NO.2C4H4N2.C4H3N2.3C4H4N2.4C3H3NO.2C3H3NS.C3H8.4C2H6.3CH3.4Y/c1-4-5(2)8-6(3)7-4;3*1-2-6-4-3-5-1;3*1-2-5-4-6-3-1;6*1-2-5-3-4-1;1-3-2;4*1-2;;;;;;;/h1-3H3;2*1-4H;1-3H;3*1-4H;6*1-3H;3H2,1-2H3;4*1-2H3;3*1H3;;;;/q;;;-1;;;;;;;;;;;;;;;3*-1;;;;. The van der Waals surface area contributed by atoms with Crippen molar-refractivity contribution in [2.24, 2.45) is 0 Å². The summed E-state index contributed by atoms with van der Waals surface area (Å²) in [5, 5.41) is 3.86. The van der Waals surface area contributed by atoms with Crippen molar-refractivity contribution in [3.05, 3.63) is 298 Å². The maximum atomic E-state index is 5.10. The summed E-state index contributed by atoms with van der Waals surface area (Å²) in [5.74, 6) is 1.67. The average molecular weight is 1600 g/mol. The van der Waals surface area contributed by atoms with E-state index in [9.17, 15) is 0 Å². The molecule has 0 aliphatic carbocycles. The Morgan fingerprint density at radius 2 is 0.630 bits per heavy atom. The second-order valence-corrected chi connectivity index (χ2v) is 13.5. The van der Waals surface area contributed by atoms with Gasteiger partial charge in [-0.15, -0.1) is 35.1 Å². The predicted octanol–water partition coefficient (Wildman–Crippen LogP) is 16.1. The van der Waals surface area contributed by atoms with Crippen molar-refractivity contribution in [3.8, 4) is 0 Å². The molecule has 0 saturated heterocycles. The maximum absolute atomic E-state index is 5.10. The Morgan fingerprint density at radius 3 is 0.696 bits per heavy atom. The Labute approximate surface area is 656 Å². The fraction of sp³-hybridized carbons (Fsp3) is 0.226. The monoisotopic (exact) mass is 1600 g/mol. The second kappa shape index (κ2) is 116. The molecule has 0 spiro atoms. The van der Waals surface area contributed by atoms with Gasteiger partial charge < -0.3 is 54.3 Å². The summed E-state index contributed by atoms with van der Waals surface area (Å²) in [6, 6.07) is 5.33. The van der Waals surface area contributed by atoms with Gasteiger partial charge in [0.2, 0.25) is 0 Å². The smallest absolute Gasteiger partial charge is 0.191 e. The van der Waals surface area contributed by atoms with Crippen LogP contribution in [-0.2, 0) is 131 Å².